The van der Waals surface area contributed by atoms with Crippen LogP contribution >= 0.6 is 11.6 Å². The van der Waals surface area contributed by atoms with Crippen LogP contribution in [-0.4, -0.2) is 55.0 Å². The number of amides is 2. The van der Waals surface area contributed by atoms with E-state index >= 15 is 0 Å². The molecule has 0 saturated carbocycles. The molecule has 0 unspecified atom stereocenters. The number of pyridine rings is 1. The van der Waals surface area contributed by atoms with Gasteiger partial charge in [0, 0.05) is 32.4 Å². The molecule has 0 spiro atoms. The Labute approximate surface area is 156 Å². The molecule has 0 radical (unpaired) electrons. The molecule has 2 amide bonds. The Morgan fingerprint density at radius 3 is 2.54 bits per heavy atom. The number of halogens is 1. The molecule has 26 heavy (non-hydrogen) atoms. The van der Waals surface area contributed by atoms with Crippen LogP contribution in [0.2, 0.25) is 5.15 Å². The lowest BCUT2D eigenvalue weighted by Crippen LogP contribution is -2.51. The number of nitrogens with one attached hydrogen (secondary N) is 1. The summed E-state index contributed by atoms with van der Waals surface area (Å²) in [6, 6.07) is 11.0. The molecule has 2 aromatic rings. The van der Waals surface area contributed by atoms with Gasteiger partial charge in [-0.05, 0) is 24.3 Å². The van der Waals surface area contributed by atoms with Crippen molar-refractivity contribution in [2.24, 2.45) is 0 Å². The normalized spacial score (nSPS) is 14.1. The highest BCUT2D eigenvalue weighted by atomic mass is 35.5. The lowest BCUT2D eigenvalue weighted by atomic mass is 10.2. The summed E-state index contributed by atoms with van der Waals surface area (Å²) < 4.78 is 5.38. The molecular formula is C18H19ClN4O3. The molecule has 1 fully saturated rings. The number of anilines is 2. The average Bonchev–Trinajstić information content (AvgIpc) is 2.69. The third kappa shape index (κ3) is 3.88. The zero-order chi connectivity index (χ0) is 18.5. The second kappa shape index (κ2) is 8.05. The van der Waals surface area contributed by atoms with Gasteiger partial charge >= 0.3 is 11.8 Å². The summed E-state index contributed by atoms with van der Waals surface area (Å²) in [5.41, 5.74) is 1.30. The number of nitrogens with zero attached hydrogens (tertiary/aromatic N) is 3. The molecule has 3 rings (SSSR count). The Balaban J connectivity index is 1.60. The Kier molecular flexibility index (Phi) is 5.58. The first-order valence-corrected chi connectivity index (χ1v) is 8.56. The zero-order valence-corrected chi connectivity index (χ0v) is 15.1. The van der Waals surface area contributed by atoms with E-state index in [4.69, 9.17) is 16.3 Å². The third-order valence-corrected chi connectivity index (χ3v) is 4.50. The standard InChI is InChI=1S/C18H19ClN4O3/c1-26-15-7-3-2-6-14(15)22-9-11-23(12-10-22)18(25)17(24)21-13-5-4-8-20-16(13)19/h2-8H,9-12H2,1H3,(H,21,24). The summed E-state index contributed by atoms with van der Waals surface area (Å²) in [7, 11) is 1.63. The Hall–Kier alpha value is -2.80. The highest BCUT2D eigenvalue weighted by molar-refractivity contribution is 6.41. The maximum absolute atomic E-state index is 12.4. The number of hydrogen-bond donors (Lipinski definition) is 1. The van der Waals surface area contributed by atoms with Crippen LogP contribution in [-0.2, 0) is 9.59 Å². The first-order chi connectivity index (χ1) is 12.6. The smallest absolute Gasteiger partial charge is 0.313 e. The highest BCUT2D eigenvalue weighted by Crippen LogP contribution is 2.28. The molecular weight excluding hydrogens is 356 g/mol. The van der Waals surface area contributed by atoms with E-state index in [0.717, 1.165) is 11.4 Å². The number of rotatable bonds is 3. The number of carbonyl (C=O) groups excluding carboxylic acids is 2. The monoisotopic (exact) mass is 374 g/mol. The van der Waals surface area contributed by atoms with Gasteiger partial charge in [0.25, 0.3) is 0 Å². The Morgan fingerprint density at radius 2 is 1.85 bits per heavy atom. The predicted octanol–water partition coefficient (Wildman–Crippen LogP) is 2.03. The minimum absolute atomic E-state index is 0.148. The second-order valence-electron chi connectivity index (χ2n) is 5.75. The number of piperazine rings is 1. The van der Waals surface area contributed by atoms with Crippen LogP contribution in [0.15, 0.2) is 42.6 Å². The van der Waals surface area contributed by atoms with Crippen LogP contribution in [0, 0.1) is 0 Å². The van der Waals surface area contributed by atoms with E-state index < -0.39 is 11.8 Å². The van der Waals surface area contributed by atoms with Gasteiger partial charge in [-0.3, -0.25) is 9.59 Å². The molecule has 1 aromatic carbocycles. The van der Waals surface area contributed by atoms with E-state index in [-0.39, 0.29) is 5.15 Å². The molecule has 0 atom stereocenters. The molecule has 136 valence electrons. The number of para-hydroxylation sites is 2. The summed E-state index contributed by atoms with van der Waals surface area (Å²) in [4.78, 5) is 32.1. The SMILES string of the molecule is COc1ccccc1N1CCN(C(=O)C(=O)Nc2cccnc2Cl)CC1. The van der Waals surface area contributed by atoms with Gasteiger partial charge in [0.05, 0.1) is 18.5 Å². The van der Waals surface area contributed by atoms with E-state index in [1.165, 1.54) is 11.1 Å². The van der Waals surface area contributed by atoms with Gasteiger partial charge in [-0.2, -0.15) is 0 Å². The predicted molar refractivity (Wildman–Crippen MR) is 99.7 cm³/mol. The molecule has 1 aliphatic rings. The lowest BCUT2D eigenvalue weighted by molar-refractivity contribution is -0.143. The number of carbonyl (C=O) groups is 2. The number of ether oxygens (including phenoxy) is 1. The molecule has 1 saturated heterocycles. The summed E-state index contributed by atoms with van der Waals surface area (Å²) >= 11 is 5.91. The fraction of sp³-hybridized carbons (Fsp3) is 0.278. The first kappa shape index (κ1) is 18.0. The molecule has 2 heterocycles. The molecule has 7 nitrogen and oxygen atoms in total. The maximum atomic E-state index is 12.4. The topological polar surface area (TPSA) is 74.8 Å². The van der Waals surface area contributed by atoms with Crippen molar-refractivity contribution in [3.63, 3.8) is 0 Å². The molecule has 1 N–H and O–H groups in total. The van der Waals surface area contributed by atoms with Crippen LogP contribution in [0.3, 0.4) is 0 Å². The Bertz CT molecular complexity index is 807. The van der Waals surface area contributed by atoms with Crippen LogP contribution in [0.1, 0.15) is 0 Å². The van der Waals surface area contributed by atoms with Crippen molar-refractivity contribution in [1.29, 1.82) is 0 Å². The van der Waals surface area contributed by atoms with Crippen LogP contribution in [0.4, 0.5) is 11.4 Å². The Morgan fingerprint density at radius 1 is 1.12 bits per heavy atom. The van der Waals surface area contributed by atoms with Crippen LogP contribution < -0.4 is 15.0 Å². The lowest BCUT2D eigenvalue weighted by Gasteiger charge is -2.36. The minimum atomic E-state index is -0.717. The third-order valence-electron chi connectivity index (χ3n) is 4.19. The second-order valence-corrected chi connectivity index (χ2v) is 6.11. The van der Waals surface area contributed by atoms with Crippen molar-refractivity contribution < 1.29 is 14.3 Å². The van der Waals surface area contributed by atoms with Crippen molar-refractivity contribution in [1.82, 2.24) is 9.88 Å². The number of methoxy groups -OCH3 is 1. The molecule has 0 aliphatic carbocycles. The summed E-state index contributed by atoms with van der Waals surface area (Å²) in [5, 5.41) is 2.66. The van der Waals surface area contributed by atoms with Gasteiger partial charge in [-0.25, -0.2) is 4.98 Å². The summed E-state index contributed by atoms with van der Waals surface area (Å²) in [6.45, 7) is 2.14. The van der Waals surface area contributed by atoms with E-state index in [0.29, 0.717) is 31.9 Å². The molecule has 1 aromatic heterocycles. The number of hydrogen-bond acceptors (Lipinski definition) is 5. The molecule has 1 aliphatic heterocycles. The quantitative estimate of drug-likeness (QED) is 0.657. The van der Waals surface area contributed by atoms with Gasteiger partial charge in [-0.1, -0.05) is 23.7 Å². The fourth-order valence-corrected chi connectivity index (χ4v) is 3.01. The number of benzene rings is 1. The van der Waals surface area contributed by atoms with Crippen molar-refractivity contribution in [3.05, 3.63) is 47.7 Å². The van der Waals surface area contributed by atoms with E-state index in [2.05, 4.69) is 15.2 Å². The highest BCUT2D eigenvalue weighted by Gasteiger charge is 2.27. The van der Waals surface area contributed by atoms with Gasteiger partial charge in [0.15, 0.2) is 5.15 Å². The van der Waals surface area contributed by atoms with Gasteiger partial charge in [0.2, 0.25) is 0 Å². The zero-order valence-electron chi connectivity index (χ0n) is 14.3. The molecule has 8 heteroatoms. The van der Waals surface area contributed by atoms with Gasteiger partial charge in [-0.15, -0.1) is 0 Å². The minimum Gasteiger partial charge on any atom is -0.495 e. The van der Waals surface area contributed by atoms with E-state index in [1.807, 2.05) is 24.3 Å². The van der Waals surface area contributed by atoms with Gasteiger partial charge in [0.1, 0.15) is 5.75 Å². The van der Waals surface area contributed by atoms with Crippen molar-refractivity contribution in [2.45, 2.75) is 0 Å². The average molecular weight is 375 g/mol. The maximum Gasteiger partial charge on any atom is 0.313 e. The molecule has 0 bridgehead atoms. The van der Waals surface area contributed by atoms with Crippen molar-refractivity contribution >= 4 is 34.8 Å². The summed E-state index contributed by atoms with van der Waals surface area (Å²) in [6.07, 6.45) is 1.51. The van der Waals surface area contributed by atoms with Crippen molar-refractivity contribution in [2.75, 3.05) is 43.5 Å². The largest absolute Gasteiger partial charge is 0.495 e. The van der Waals surface area contributed by atoms with Gasteiger partial charge < -0.3 is 19.9 Å². The number of aromatic nitrogens is 1. The van der Waals surface area contributed by atoms with E-state index in [1.54, 1.807) is 19.2 Å². The van der Waals surface area contributed by atoms with E-state index in [9.17, 15) is 9.59 Å². The first-order valence-electron chi connectivity index (χ1n) is 8.19. The van der Waals surface area contributed by atoms with Crippen molar-refractivity contribution in [3.8, 4) is 5.75 Å². The van der Waals surface area contributed by atoms with Crippen LogP contribution in [0.5, 0.6) is 5.75 Å². The van der Waals surface area contributed by atoms with Crippen LogP contribution in [0.25, 0.3) is 0 Å². The fourth-order valence-electron chi connectivity index (χ4n) is 2.84. The summed E-state index contributed by atoms with van der Waals surface area (Å²) in [5.74, 6) is -0.508.